The van der Waals surface area contributed by atoms with Crippen LogP contribution < -0.4 is 0 Å². The minimum atomic E-state index is -3.73. The molecule has 2 rings (SSSR count). The molecule has 0 radical (unpaired) electrons. The van der Waals surface area contributed by atoms with Gasteiger partial charge in [-0.25, -0.2) is 13.2 Å². The normalized spacial score (nSPS) is 25.4. The van der Waals surface area contributed by atoms with Crippen LogP contribution in [0.4, 0.5) is 0 Å². The smallest absolute Gasteiger partial charge is 0.371 e. The van der Waals surface area contributed by atoms with Gasteiger partial charge in [0.2, 0.25) is 10.9 Å². The van der Waals surface area contributed by atoms with Crippen LogP contribution in [-0.4, -0.2) is 36.9 Å². The number of sulfonamides is 1. The Balaban J connectivity index is 2.24. The van der Waals surface area contributed by atoms with E-state index in [-0.39, 0.29) is 16.8 Å². The van der Waals surface area contributed by atoms with Gasteiger partial charge in [0.1, 0.15) is 0 Å². The summed E-state index contributed by atoms with van der Waals surface area (Å²) in [5.74, 6) is -0.880. The van der Waals surface area contributed by atoms with Crippen LogP contribution in [0.5, 0.6) is 0 Å². The Morgan fingerprint density at radius 3 is 2.58 bits per heavy atom. The lowest BCUT2D eigenvalue weighted by molar-refractivity contribution is 0.0656. The molecule has 1 N–H and O–H groups in total. The zero-order valence-electron chi connectivity index (χ0n) is 10.9. The molecule has 0 saturated carbocycles. The van der Waals surface area contributed by atoms with E-state index in [0.717, 1.165) is 12.5 Å². The fourth-order valence-electron chi connectivity index (χ4n) is 2.14. The summed E-state index contributed by atoms with van der Waals surface area (Å²) in [5.41, 5.74) is 0. The quantitative estimate of drug-likeness (QED) is 0.913. The van der Waals surface area contributed by atoms with Gasteiger partial charge in [0.05, 0.1) is 0 Å². The standard InChI is InChI=1S/C12H17NO5S/c1-8-5-6-13(7-9(8)2)19(16,17)11-4-3-10(18-11)12(14)15/h3-4,8-9H,5-7H2,1-2H3,(H,14,15). The fraction of sp³-hybridized carbons (Fsp3) is 0.583. The van der Waals surface area contributed by atoms with E-state index >= 15 is 0 Å². The SMILES string of the molecule is CC1CCN(S(=O)(=O)c2ccc(C(=O)O)o2)CC1C. The lowest BCUT2D eigenvalue weighted by Gasteiger charge is -2.33. The summed E-state index contributed by atoms with van der Waals surface area (Å²) >= 11 is 0. The number of rotatable bonds is 3. The van der Waals surface area contributed by atoms with E-state index in [1.807, 2.05) is 6.92 Å². The molecule has 0 bridgehead atoms. The van der Waals surface area contributed by atoms with Crippen molar-refractivity contribution in [1.82, 2.24) is 4.31 Å². The minimum Gasteiger partial charge on any atom is -0.475 e. The highest BCUT2D eigenvalue weighted by molar-refractivity contribution is 7.89. The monoisotopic (exact) mass is 287 g/mol. The zero-order valence-corrected chi connectivity index (χ0v) is 11.7. The molecule has 0 aliphatic carbocycles. The van der Waals surface area contributed by atoms with E-state index in [9.17, 15) is 13.2 Å². The Kier molecular flexibility index (Phi) is 3.69. The second-order valence-electron chi connectivity index (χ2n) is 5.03. The summed E-state index contributed by atoms with van der Waals surface area (Å²) in [5, 5.41) is 8.45. The number of aromatic carboxylic acids is 1. The van der Waals surface area contributed by atoms with Crippen molar-refractivity contribution < 1.29 is 22.7 Å². The first kappa shape index (κ1) is 14.1. The summed E-state index contributed by atoms with van der Waals surface area (Å²) < 4.78 is 30.9. The van der Waals surface area contributed by atoms with Crippen molar-refractivity contribution in [3.63, 3.8) is 0 Å². The molecule has 106 valence electrons. The highest BCUT2D eigenvalue weighted by Crippen LogP contribution is 2.28. The van der Waals surface area contributed by atoms with Crippen LogP contribution in [0.3, 0.4) is 0 Å². The topological polar surface area (TPSA) is 87.8 Å². The average Bonchev–Trinajstić information content (AvgIpc) is 2.82. The molecular formula is C12H17NO5S. The average molecular weight is 287 g/mol. The van der Waals surface area contributed by atoms with Crippen LogP contribution in [0.1, 0.15) is 30.8 Å². The van der Waals surface area contributed by atoms with Gasteiger partial charge in [-0.05, 0) is 30.4 Å². The molecule has 0 aromatic carbocycles. The predicted octanol–water partition coefficient (Wildman–Crippen LogP) is 1.64. The van der Waals surface area contributed by atoms with Crippen LogP contribution in [0.2, 0.25) is 0 Å². The summed E-state index contributed by atoms with van der Waals surface area (Å²) in [6.07, 6.45) is 0.799. The molecule has 1 aliphatic heterocycles. The maximum absolute atomic E-state index is 12.3. The molecule has 2 atom stereocenters. The Labute approximate surface area is 112 Å². The third-order valence-electron chi connectivity index (χ3n) is 3.68. The van der Waals surface area contributed by atoms with Gasteiger partial charge in [0.25, 0.3) is 10.0 Å². The molecule has 1 aromatic heterocycles. The van der Waals surface area contributed by atoms with E-state index < -0.39 is 16.0 Å². The third-order valence-corrected chi connectivity index (χ3v) is 5.42. The molecule has 1 aliphatic rings. The van der Waals surface area contributed by atoms with Crippen molar-refractivity contribution in [3.8, 4) is 0 Å². The van der Waals surface area contributed by atoms with E-state index in [1.54, 1.807) is 0 Å². The highest BCUT2D eigenvalue weighted by Gasteiger charge is 2.34. The Morgan fingerprint density at radius 1 is 1.37 bits per heavy atom. The summed E-state index contributed by atoms with van der Waals surface area (Å²) in [4.78, 5) is 10.7. The van der Waals surface area contributed by atoms with Crippen molar-refractivity contribution >= 4 is 16.0 Å². The van der Waals surface area contributed by atoms with Gasteiger partial charge in [-0.2, -0.15) is 4.31 Å². The van der Waals surface area contributed by atoms with E-state index in [4.69, 9.17) is 9.52 Å². The van der Waals surface area contributed by atoms with Crippen molar-refractivity contribution in [2.75, 3.05) is 13.1 Å². The van der Waals surface area contributed by atoms with Gasteiger partial charge in [0.15, 0.2) is 0 Å². The van der Waals surface area contributed by atoms with Crippen LogP contribution in [-0.2, 0) is 10.0 Å². The van der Waals surface area contributed by atoms with Crippen LogP contribution >= 0.6 is 0 Å². The zero-order chi connectivity index (χ0) is 14.2. The largest absolute Gasteiger partial charge is 0.475 e. The molecule has 1 aromatic rings. The summed E-state index contributed by atoms with van der Waals surface area (Å²) in [6.45, 7) is 4.99. The number of carbonyl (C=O) groups is 1. The molecular weight excluding hydrogens is 270 g/mol. The number of furan rings is 1. The number of nitrogens with zero attached hydrogens (tertiary/aromatic N) is 1. The Morgan fingerprint density at radius 2 is 2.05 bits per heavy atom. The number of hydrogen-bond acceptors (Lipinski definition) is 4. The molecule has 1 fully saturated rings. The first-order valence-corrected chi connectivity index (χ1v) is 7.59. The fourth-order valence-corrected chi connectivity index (χ4v) is 3.61. The van der Waals surface area contributed by atoms with Gasteiger partial charge in [-0.1, -0.05) is 13.8 Å². The number of carboxylic acid groups (broad SMARTS) is 1. The maximum atomic E-state index is 12.3. The number of hydrogen-bond donors (Lipinski definition) is 1. The lowest BCUT2D eigenvalue weighted by Crippen LogP contribution is -2.42. The molecule has 1 saturated heterocycles. The second kappa shape index (κ2) is 4.97. The second-order valence-corrected chi connectivity index (χ2v) is 6.90. The van der Waals surface area contributed by atoms with Crippen molar-refractivity contribution in [2.24, 2.45) is 11.8 Å². The van der Waals surface area contributed by atoms with Gasteiger partial charge < -0.3 is 9.52 Å². The van der Waals surface area contributed by atoms with Gasteiger partial charge in [-0.3, -0.25) is 0 Å². The van der Waals surface area contributed by atoms with Crippen LogP contribution in [0.25, 0.3) is 0 Å². The maximum Gasteiger partial charge on any atom is 0.371 e. The summed E-state index contributed by atoms with van der Waals surface area (Å²) in [6, 6.07) is 2.35. The van der Waals surface area contributed by atoms with Crippen molar-refractivity contribution in [2.45, 2.75) is 25.4 Å². The minimum absolute atomic E-state index is 0.275. The van der Waals surface area contributed by atoms with Crippen molar-refractivity contribution in [1.29, 1.82) is 0 Å². The van der Waals surface area contributed by atoms with Gasteiger partial charge in [0, 0.05) is 13.1 Å². The number of piperidine rings is 1. The Bertz CT molecular complexity index is 577. The third kappa shape index (κ3) is 2.66. The molecule has 2 heterocycles. The predicted molar refractivity (Wildman–Crippen MR) is 67.4 cm³/mol. The van der Waals surface area contributed by atoms with Crippen molar-refractivity contribution in [3.05, 3.63) is 17.9 Å². The van der Waals surface area contributed by atoms with E-state index in [2.05, 4.69) is 6.92 Å². The van der Waals surface area contributed by atoms with Crippen LogP contribution in [0, 0.1) is 11.8 Å². The van der Waals surface area contributed by atoms with E-state index in [1.165, 1.54) is 10.4 Å². The molecule has 2 unspecified atom stereocenters. The van der Waals surface area contributed by atoms with Gasteiger partial charge >= 0.3 is 5.97 Å². The van der Waals surface area contributed by atoms with Crippen LogP contribution in [0.15, 0.2) is 21.6 Å². The van der Waals surface area contributed by atoms with Gasteiger partial charge in [-0.15, -0.1) is 0 Å². The molecule has 19 heavy (non-hydrogen) atoms. The number of carboxylic acids is 1. The first-order chi connectivity index (χ1) is 8.82. The highest BCUT2D eigenvalue weighted by atomic mass is 32.2. The van der Waals surface area contributed by atoms with E-state index in [0.29, 0.717) is 19.0 Å². The molecule has 0 spiro atoms. The molecule has 0 amide bonds. The lowest BCUT2D eigenvalue weighted by atomic mass is 9.90. The molecule has 7 heteroatoms. The first-order valence-electron chi connectivity index (χ1n) is 6.15. The molecule has 6 nitrogen and oxygen atoms in total. The summed E-state index contributed by atoms with van der Waals surface area (Å²) in [7, 11) is -3.73. The Hall–Kier alpha value is -1.34.